The molecule has 1 fully saturated rings. The number of pyridine rings is 1. The molecule has 1 aliphatic rings. The second kappa shape index (κ2) is 7.37. The quantitative estimate of drug-likeness (QED) is 0.734. The predicted octanol–water partition coefficient (Wildman–Crippen LogP) is 3.22. The third-order valence-electron chi connectivity index (χ3n) is 5.02. The predicted molar refractivity (Wildman–Crippen MR) is 100.0 cm³/mol. The molecule has 7 nitrogen and oxygen atoms in total. The van der Waals surface area contributed by atoms with Crippen molar-refractivity contribution in [2.75, 3.05) is 19.0 Å². The summed E-state index contributed by atoms with van der Waals surface area (Å²) in [6.45, 7) is 0.502. The molecule has 0 spiro atoms. The summed E-state index contributed by atoms with van der Waals surface area (Å²) in [4.78, 5) is 14.2. The number of methoxy groups -OCH3 is 1. The SMILES string of the molecule is COCC(Nc1nc(C2CCCC2)nc2c1cnn2C)c1ccccn1. The Morgan fingerprint density at radius 3 is 2.85 bits per heavy atom. The van der Waals surface area contributed by atoms with Crippen molar-refractivity contribution < 1.29 is 4.74 Å². The molecule has 4 rings (SSSR count). The molecule has 0 amide bonds. The van der Waals surface area contributed by atoms with E-state index in [1.807, 2.05) is 36.1 Å². The van der Waals surface area contributed by atoms with Crippen LogP contribution in [0.2, 0.25) is 0 Å². The number of hydrogen-bond donors (Lipinski definition) is 1. The first kappa shape index (κ1) is 16.9. The summed E-state index contributed by atoms with van der Waals surface area (Å²) in [6.07, 6.45) is 8.43. The van der Waals surface area contributed by atoms with Gasteiger partial charge in [-0.25, -0.2) is 9.97 Å². The van der Waals surface area contributed by atoms with Crippen LogP contribution in [0, 0.1) is 0 Å². The molecule has 3 heterocycles. The van der Waals surface area contributed by atoms with Crippen LogP contribution in [0.1, 0.15) is 49.2 Å². The van der Waals surface area contributed by atoms with Crippen molar-refractivity contribution in [1.29, 1.82) is 0 Å². The number of rotatable bonds is 6. The molecule has 1 unspecified atom stereocenters. The van der Waals surface area contributed by atoms with Gasteiger partial charge in [0.2, 0.25) is 0 Å². The van der Waals surface area contributed by atoms with Gasteiger partial charge in [-0.2, -0.15) is 5.10 Å². The highest BCUT2D eigenvalue weighted by Gasteiger charge is 2.23. The Morgan fingerprint density at radius 1 is 1.27 bits per heavy atom. The van der Waals surface area contributed by atoms with E-state index >= 15 is 0 Å². The van der Waals surface area contributed by atoms with Crippen LogP contribution in [0.15, 0.2) is 30.6 Å². The third-order valence-corrected chi connectivity index (χ3v) is 5.02. The van der Waals surface area contributed by atoms with Crippen LogP contribution in [-0.4, -0.2) is 38.4 Å². The molecule has 1 aliphatic carbocycles. The van der Waals surface area contributed by atoms with Gasteiger partial charge in [-0.1, -0.05) is 18.9 Å². The number of aryl methyl sites for hydroxylation is 1. The van der Waals surface area contributed by atoms with E-state index in [0.29, 0.717) is 12.5 Å². The van der Waals surface area contributed by atoms with Crippen LogP contribution in [0.25, 0.3) is 11.0 Å². The first-order valence-corrected chi connectivity index (χ1v) is 9.12. The zero-order chi connectivity index (χ0) is 17.9. The number of nitrogens with one attached hydrogen (secondary N) is 1. The number of aromatic nitrogens is 5. The molecule has 0 bridgehead atoms. The summed E-state index contributed by atoms with van der Waals surface area (Å²) in [5.74, 6) is 2.15. The van der Waals surface area contributed by atoms with E-state index in [2.05, 4.69) is 15.4 Å². The minimum atomic E-state index is -0.0871. The van der Waals surface area contributed by atoms with E-state index in [-0.39, 0.29) is 6.04 Å². The smallest absolute Gasteiger partial charge is 0.163 e. The maximum Gasteiger partial charge on any atom is 0.163 e. The summed E-state index contributed by atoms with van der Waals surface area (Å²) in [5.41, 5.74) is 1.79. The topological polar surface area (TPSA) is 77.8 Å². The molecule has 26 heavy (non-hydrogen) atoms. The zero-order valence-corrected chi connectivity index (χ0v) is 15.2. The lowest BCUT2D eigenvalue weighted by Crippen LogP contribution is -2.19. The second-order valence-corrected chi connectivity index (χ2v) is 6.82. The fourth-order valence-electron chi connectivity index (χ4n) is 3.63. The maximum atomic E-state index is 5.41. The molecule has 1 saturated carbocycles. The van der Waals surface area contributed by atoms with Crippen LogP contribution in [0.5, 0.6) is 0 Å². The van der Waals surface area contributed by atoms with Gasteiger partial charge >= 0.3 is 0 Å². The number of anilines is 1. The molecule has 0 saturated heterocycles. The fraction of sp³-hybridized carbons (Fsp3) is 0.474. The standard InChI is InChI=1S/C19H24N6O/c1-25-19-14(11-21-25)18(23-17(24-19)13-7-3-4-8-13)22-16(12-26-2)15-9-5-6-10-20-15/h5-6,9-11,13,16H,3-4,7-8,12H2,1-2H3,(H,22,23,24). The average molecular weight is 352 g/mol. The molecule has 1 atom stereocenters. The van der Waals surface area contributed by atoms with E-state index in [0.717, 1.165) is 41.2 Å². The maximum absolute atomic E-state index is 5.41. The summed E-state index contributed by atoms with van der Waals surface area (Å²) in [5, 5.41) is 8.82. The molecular formula is C19H24N6O. The lowest BCUT2D eigenvalue weighted by Gasteiger charge is -2.19. The number of nitrogens with zero attached hydrogens (tertiary/aromatic N) is 5. The van der Waals surface area contributed by atoms with Gasteiger partial charge in [0.1, 0.15) is 11.6 Å². The fourth-order valence-corrected chi connectivity index (χ4v) is 3.63. The van der Waals surface area contributed by atoms with Crippen molar-refractivity contribution in [2.45, 2.75) is 37.6 Å². The molecule has 3 aromatic heterocycles. The number of ether oxygens (including phenoxy) is 1. The van der Waals surface area contributed by atoms with E-state index in [9.17, 15) is 0 Å². The van der Waals surface area contributed by atoms with Crippen molar-refractivity contribution in [3.8, 4) is 0 Å². The molecule has 0 radical (unpaired) electrons. The second-order valence-electron chi connectivity index (χ2n) is 6.82. The monoisotopic (exact) mass is 352 g/mol. The van der Waals surface area contributed by atoms with Crippen molar-refractivity contribution in [3.63, 3.8) is 0 Å². The molecule has 3 aromatic rings. The summed E-state index contributed by atoms with van der Waals surface area (Å²) < 4.78 is 7.22. The molecule has 7 heteroatoms. The molecule has 1 N–H and O–H groups in total. The van der Waals surface area contributed by atoms with Gasteiger partial charge in [0.15, 0.2) is 5.65 Å². The Labute approximate surface area is 152 Å². The van der Waals surface area contributed by atoms with Crippen molar-refractivity contribution in [2.24, 2.45) is 7.05 Å². The van der Waals surface area contributed by atoms with E-state index in [1.165, 1.54) is 12.8 Å². The van der Waals surface area contributed by atoms with E-state index in [1.54, 1.807) is 13.3 Å². The van der Waals surface area contributed by atoms with Crippen LogP contribution >= 0.6 is 0 Å². The Bertz CT molecular complexity index is 872. The summed E-state index contributed by atoms with van der Waals surface area (Å²) in [7, 11) is 3.62. The Hall–Kier alpha value is -2.54. The first-order chi connectivity index (χ1) is 12.8. The minimum Gasteiger partial charge on any atom is -0.382 e. The van der Waals surface area contributed by atoms with Gasteiger partial charge in [0.05, 0.1) is 29.9 Å². The molecule has 0 aliphatic heterocycles. The van der Waals surface area contributed by atoms with Gasteiger partial charge in [-0.3, -0.25) is 9.67 Å². The highest BCUT2D eigenvalue weighted by molar-refractivity contribution is 5.86. The van der Waals surface area contributed by atoms with E-state index in [4.69, 9.17) is 14.7 Å². The molecule has 0 aromatic carbocycles. The van der Waals surface area contributed by atoms with Crippen LogP contribution in [0.4, 0.5) is 5.82 Å². The lowest BCUT2D eigenvalue weighted by atomic mass is 10.1. The van der Waals surface area contributed by atoms with E-state index < -0.39 is 0 Å². The van der Waals surface area contributed by atoms with Crippen LogP contribution in [-0.2, 0) is 11.8 Å². The highest BCUT2D eigenvalue weighted by Crippen LogP contribution is 2.34. The van der Waals surface area contributed by atoms with Gasteiger partial charge in [0, 0.05) is 26.3 Å². The van der Waals surface area contributed by atoms with Gasteiger partial charge in [-0.15, -0.1) is 0 Å². The van der Waals surface area contributed by atoms with Crippen LogP contribution in [0.3, 0.4) is 0 Å². The number of fused-ring (bicyclic) bond motifs is 1. The number of hydrogen-bond acceptors (Lipinski definition) is 6. The minimum absolute atomic E-state index is 0.0871. The molecule has 136 valence electrons. The normalized spacial score (nSPS) is 16.2. The Morgan fingerprint density at radius 2 is 2.12 bits per heavy atom. The Balaban J connectivity index is 1.74. The van der Waals surface area contributed by atoms with Crippen molar-refractivity contribution in [1.82, 2.24) is 24.7 Å². The summed E-state index contributed by atoms with van der Waals surface area (Å²) >= 11 is 0. The van der Waals surface area contributed by atoms with Crippen LogP contribution < -0.4 is 5.32 Å². The van der Waals surface area contributed by atoms with Gasteiger partial charge in [0.25, 0.3) is 0 Å². The van der Waals surface area contributed by atoms with Gasteiger partial charge in [-0.05, 0) is 25.0 Å². The largest absolute Gasteiger partial charge is 0.382 e. The zero-order valence-electron chi connectivity index (χ0n) is 15.2. The molecular weight excluding hydrogens is 328 g/mol. The van der Waals surface area contributed by atoms with Crippen molar-refractivity contribution in [3.05, 3.63) is 42.1 Å². The highest BCUT2D eigenvalue weighted by atomic mass is 16.5. The third kappa shape index (κ3) is 3.26. The Kier molecular flexibility index (Phi) is 4.79. The first-order valence-electron chi connectivity index (χ1n) is 9.12. The summed E-state index contributed by atoms with van der Waals surface area (Å²) in [6, 6.07) is 5.80. The van der Waals surface area contributed by atoms with Crippen molar-refractivity contribution >= 4 is 16.9 Å². The van der Waals surface area contributed by atoms with Gasteiger partial charge < -0.3 is 10.1 Å². The lowest BCUT2D eigenvalue weighted by molar-refractivity contribution is 0.185. The average Bonchev–Trinajstić information content (AvgIpc) is 3.33.